The maximum Gasteiger partial charge on any atom is 0.310 e. The van der Waals surface area contributed by atoms with Gasteiger partial charge < -0.3 is 9.84 Å². The van der Waals surface area contributed by atoms with Gasteiger partial charge >= 0.3 is 5.97 Å². The monoisotopic (exact) mass is 234 g/mol. The molecular formula is C14H18O3. The van der Waals surface area contributed by atoms with E-state index in [4.69, 9.17) is 9.84 Å². The Hall–Kier alpha value is -1.51. The molecule has 3 nitrogen and oxygen atoms in total. The van der Waals surface area contributed by atoms with Crippen molar-refractivity contribution in [1.29, 1.82) is 0 Å². The van der Waals surface area contributed by atoms with Gasteiger partial charge in [0.2, 0.25) is 0 Å². The van der Waals surface area contributed by atoms with Crippen molar-refractivity contribution < 1.29 is 14.6 Å². The summed E-state index contributed by atoms with van der Waals surface area (Å²) in [4.78, 5) is 11.0. The summed E-state index contributed by atoms with van der Waals surface area (Å²) in [6.45, 7) is 1.69. The molecule has 1 aromatic rings. The van der Waals surface area contributed by atoms with E-state index in [9.17, 15) is 4.79 Å². The molecule has 17 heavy (non-hydrogen) atoms. The highest BCUT2D eigenvalue weighted by atomic mass is 16.5. The first-order valence-corrected chi connectivity index (χ1v) is 6.17. The average Bonchev–Trinajstić information content (AvgIpc) is 2.81. The molecule has 1 aliphatic rings. The van der Waals surface area contributed by atoms with E-state index in [0.717, 1.165) is 24.2 Å². The van der Waals surface area contributed by atoms with E-state index in [1.54, 1.807) is 6.92 Å². The van der Waals surface area contributed by atoms with Gasteiger partial charge in [-0.1, -0.05) is 18.2 Å². The van der Waals surface area contributed by atoms with Crippen LogP contribution in [0.2, 0.25) is 0 Å². The summed E-state index contributed by atoms with van der Waals surface area (Å²) in [5.41, 5.74) is 0.770. The van der Waals surface area contributed by atoms with Crippen molar-refractivity contribution >= 4 is 5.97 Å². The van der Waals surface area contributed by atoms with Crippen LogP contribution >= 0.6 is 0 Å². The molecule has 2 rings (SSSR count). The zero-order valence-electron chi connectivity index (χ0n) is 10.1. The molecule has 0 bridgehead atoms. The van der Waals surface area contributed by atoms with E-state index in [1.165, 1.54) is 12.8 Å². The van der Waals surface area contributed by atoms with Crippen LogP contribution in [0, 0.1) is 0 Å². The molecule has 3 heteroatoms. The number of ether oxygens (including phenoxy) is 1. The quantitative estimate of drug-likeness (QED) is 0.870. The fourth-order valence-electron chi connectivity index (χ4n) is 2.26. The molecule has 1 aromatic carbocycles. The fraction of sp³-hybridized carbons (Fsp3) is 0.500. The average molecular weight is 234 g/mol. The molecule has 0 saturated heterocycles. The highest BCUT2D eigenvalue weighted by molar-refractivity contribution is 5.76. The molecule has 1 atom stereocenters. The predicted octanol–water partition coefficient (Wildman–Crippen LogP) is 3.20. The van der Waals surface area contributed by atoms with Crippen LogP contribution in [-0.4, -0.2) is 17.2 Å². The molecule has 1 fully saturated rings. The molecule has 1 aliphatic carbocycles. The molecule has 1 N–H and O–H groups in total. The Morgan fingerprint density at radius 3 is 2.65 bits per heavy atom. The maximum absolute atomic E-state index is 11.0. The molecule has 0 aromatic heterocycles. The standard InChI is InChI=1S/C14H18O3/c1-10(14(15)16)12-8-4-5-9-13(12)17-11-6-2-3-7-11/h4-5,8-11H,2-3,6-7H2,1H3,(H,15,16). The van der Waals surface area contributed by atoms with Crippen molar-refractivity contribution in [2.45, 2.75) is 44.6 Å². The van der Waals surface area contributed by atoms with E-state index < -0.39 is 11.9 Å². The van der Waals surface area contributed by atoms with Gasteiger partial charge in [-0.15, -0.1) is 0 Å². The molecule has 0 spiro atoms. The van der Waals surface area contributed by atoms with Gasteiger partial charge in [0.15, 0.2) is 0 Å². The van der Waals surface area contributed by atoms with Gasteiger partial charge in [-0.2, -0.15) is 0 Å². The first-order valence-electron chi connectivity index (χ1n) is 6.17. The molecule has 0 aliphatic heterocycles. The lowest BCUT2D eigenvalue weighted by Gasteiger charge is -2.18. The number of aliphatic carboxylic acids is 1. The van der Waals surface area contributed by atoms with Crippen LogP contribution in [0.5, 0.6) is 5.75 Å². The van der Waals surface area contributed by atoms with Gasteiger partial charge in [0.25, 0.3) is 0 Å². The van der Waals surface area contributed by atoms with Gasteiger partial charge in [-0.3, -0.25) is 4.79 Å². The first kappa shape index (κ1) is 12.0. The summed E-state index contributed by atoms with van der Waals surface area (Å²) in [5.74, 6) is -0.602. The third kappa shape index (κ3) is 2.78. The van der Waals surface area contributed by atoms with Crippen LogP contribution in [0.15, 0.2) is 24.3 Å². The molecule has 92 valence electrons. The number of para-hydroxylation sites is 1. The highest BCUT2D eigenvalue weighted by Crippen LogP contribution is 2.30. The van der Waals surface area contributed by atoms with Crippen molar-refractivity contribution in [3.63, 3.8) is 0 Å². The topological polar surface area (TPSA) is 46.5 Å². The fourth-order valence-corrected chi connectivity index (χ4v) is 2.26. The predicted molar refractivity (Wildman–Crippen MR) is 65.4 cm³/mol. The van der Waals surface area contributed by atoms with Crippen molar-refractivity contribution in [3.8, 4) is 5.75 Å². The van der Waals surface area contributed by atoms with Gasteiger partial charge in [-0.05, 0) is 38.7 Å². The lowest BCUT2D eigenvalue weighted by atomic mass is 10.0. The molecule has 0 radical (unpaired) electrons. The van der Waals surface area contributed by atoms with Crippen molar-refractivity contribution in [2.75, 3.05) is 0 Å². The summed E-state index contributed by atoms with van der Waals surface area (Å²) in [7, 11) is 0. The summed E-state index contributed by atoms with van der Waals surface area (Å²) in [6, 6.07) is 7.45. The Labute approximate surface area is 101 Å². The highest BCUT2D eigenvalue weighted by Gasteiger charge is 2.21. The Bertz CT molecular complexity index is 394. The molecule has 0 heterocycles. The zero-order valence-corrected chi connectivity index (χ0v) is 10.1. The molecule has 1 unspecified atom stereocenters. The number of hydrogen-bond donors (Lipinski definition) is 1. The Morgan fingerprint density at radius 1 is 1.35 bits per heavy atom. The lowest BCUT2D eigenvalue weighted by molar-refractivity contribution is -0.138. The summed E-state index contributed by atoms with van der Waals surface area (Å²) in [5, 5.41) is 9.07. The van der Waals surface area contributed by atoms with E-state index >= 15 is 0 Å². The number of benzene rings is 1. The van der Waals surface area contributed by atoms with Crippen molar-refractivity contribution in [3.05, 3.63) is 29.8 Å². The maximum atomic E-state index is 11.0. The minimum absolute atomic E-state index is 0.261. The Morgan fingerprint density at radius 2 is 2.00 bits per heavy atom. The van der Waals surface area contributed by atoms with Gasteiger partial charge in [0.1, 0.15) is 5.75 Å². The second-order valence-electron chi connectivity index (χ2n) is 4.62. The van der Waals surface area contributed by atoms with E-state index in [1.807, 2.05) is 24.3 Å². The minimum Gasteiger partial charge on any atom is -0.490 e. The van der Waals surface area contributed by atoms with Gasteiger partial charge in [0.05, 0.1) is 12.0 Å². The van der Waals surface area contributed by atoms with Crippen molar-refractivity contribution in [1.82, 2.24) is 0 Å². The summed E-state index contributed by atoms with van der Waals surface area (Å²) >= 11 is 0. The van der Waals surface area contributed by atoms with Crippen LogP contribution < -0.4 is 4.74 Å². The number of rotatable bonds is 4. The van der Waals surface area contributed by atoms with Crippen LogP contribution in [-0.2, 0) is 4.79 Å². The van der Waals surface area contributed by atoms with Gasteiger partial charge in [-0.25, -0.2) is 0 Å². The zero-order chi connectivity index (χ0) is 12.3. The lowest BCUT2D eigenvalue weighted by Crippen LogP contribution is -2.15. The number of hydrogen-bond acceptors (Lipinski definition) is 2. The Kier molecular flexibility index (Phi) is 3.67. The normalized spacial score (nSPS) is 17.9. The third-order valence-corrected chi connectivity index (χ3v) is 3.35. The van der Waals surface area contributed by atoms with E-state index in [-0.39, 0.29) is 6.10 Å². The molecule has 0 amide bonds. The Balaban J connectivity index is 2.17. The molecule has 1 saturated carbocycles. The van der Waals surface area contributed by atoms with Crippen molar-refractivity contribution in [2.24, 2.45) is 0 Å². The van der Waals surface area contributed by atoms with Crippen LogP contribution in [0.4, 0.5) is 0 Å². The van der Waals surface area contributed by atoms with E-state index in [2.05, 4.69) is 0 Å². The van der Waals surface area contributed by atoms with Crippen LogP contribution in [0.1, 0.15) is 44.1 Å². The second-order valence-corrected chi connectivity index (χ2v) is 4.62. The summed E-state index contributed by atoms with van der Waals surface area (Å²) < 4.78 is 5.91. The number of carboxylic acids is 1. The number of carbonyl (C=O) groups is 1. The molecular weight excluding hydrogens is 216 g/mol. The minimum atomic E-state index is -0.813. The van der Waals surface area contributed by atoms with Crippen LogP contribution in [0.25, 0.3) is 0 Å². The second kappa shape index (κ2) is 5.21. The first-order chi connectivity index (χ1) is 8.18. The SMILES string of the molecule is CC(C(=O)O)c1ccccc1OC1CCCC1. The number of carboxylic acid groups (broad SMARTS) is 1. The van der Waals surface area contributed by atoms with Crippen LogP contribution in [0.3, 0.4) is 0 Å². The van der Waals surface area contributed by atoms with E-state index in [0.29, 0.717) is 0 Å². The third-order valence-electron chi connectivity index (χ3n) is 3.35. The van der Waals surface area contributed by atoms with Gasteiger partial charge in [0, 0.05) is 5.56 Å². The largest absolute Gasteiger partial charge is 0.490 e. The smallest absolute Gasteiger partial charge is 0.310 e. The summed E-state index contributed by atoms with van der Waals surface area (Å²) in [6.07, 6.45) is 4.84.